The van der Waals surface area contributed by atoms with Gasteiger partial charge in [-0.3, -0.25) is 4.79 Å². The highest BCUT2D eigenvalue weighted by atomic mass is 127. The summed E-state index contributed by atoms with van der Waals surface area (Å²) in [6.07, 6.45) is 1.59. The molecule has 0 atom stereocenters. The molecule has 8 heteroatoms. The maximum Gasteiger partial charge on any atom is 0.243 e. The van der Waals surface area contributed by atoms with Gasteiger partial charge in [-0.25, -0.2) is 9.37 Å². The molecule has 2 aromatic carbocycles. The third-order valence-corrected chi connectivity index (χ3v) is 4.98. The van der Waals surface area contributed by atoms with Gasteiger partial charge in [-0.15, -0.1) is 0 Å². The predicted molar refractivity (Wildman–Crippen MR) is 120 cm³/mol. The number of rotatable bonds is 8. The van der Waals surface area contributed by atoms with E-state index in [-0.39, 0.29) is 18.3 Å². The lowest BCUT2D eigenvalue weighted by Gasteiger charge is -2.24. The summed E-state index contributed by atoms with van der Waals surface area (Å²) in [5, 5.41) is 0. The van der Waals surface area contributed by atoms with Gasteiger partial charge in [-0.2, -0.15) is 0 Å². The number of amides is 1. The number of aromatic nitrogens is 1. The molecule has 1 amide bonds. The van der Waals surface area contributed by atoms with Crippen molar-refractivity contribution in [3.05, 3.63) is 69.9 Å². The van der Waals surface area contributed by atoms with E-state index >= 15 is 0 Å². The molecule has 3 aromatic rings. The molecular formula is C22H20FIN2O4. The maximum atomic E-state index is 12.8. The first-order valence-electron chi connectivity index (χ1n) is 9.04. The van der Waals surface area contributed by atoms with Crippen LogP contribution in [-0.4, -0.2) is 24.9 Å². The Hall–Kier alpha value is -2.88. The minimum Gasteiger partial charge on any atom is -0.497 e. The number of anilines is 1. The van der Waals surface area contributed by atoms with Crippen LogP contribution in [0.25, 0.3) is 0 Å². The molecule has 0 aliphatic carbocycles. The van der Waals surface area contributed by atoms with E-state index in [2.05, 4.69) is 27.6 Å². The van der Waals surface area contributed by atoms with Gasteiger partial charge in [0, 0.05) is 22.3 Å². The van der Waals surface area contributed by atoms with E-state index in [9.17, 15) is 9.18 Å². The number of pyridine rings is 1. The monoisotopic (exact) mass is 522 g/mol. The average molecular weight is 522 g/mol. The largest absolute Gasteiger partial charge is 0.497 e. The van der Waals surface area contributed by atoms with Crippen molar-refractivity contribution in [2.45, 2.75) is 13.5 Å². The molecule has 1 aromatic heterocycles. The van der Waals surface area contributed by atoms with Crippen molar-refractivity contribution in [3.63, 3.8) is 0 Å². The highest BCUT2D eigenvalue weighted by molar-refractivity contribution is 14.1. The van der Waals surface area contributed by atoms with Gasteiger partial charge >= 0.3 is 0 Å². The van der Waals surface area contributed by atoms with Gasteiger partial charge < -0.3 is 19.1 Å². The van der Waals surface area contributed by atoms with Gasteiger partial charge in [0.15, 0.2) is 0 Å². The number of halogens is 2. The number of carbonyl (C=O) groups is 1. The summed E-state index contributed by atoms with van der Waals surface area (Å²) >= 11 is 2.21. The van der Waals surface area contributed by atoms with E-state index in [4.69, 9.17) is 14.2 Å². The third-order valence-electron chi connectivity index (χ3n) is 4.26. The van der Waals surface area contributed by atoms with Gasteiger partial charge in [0.2, 0.25) is 18.6 Å². The standard InChI is InChI=1S/C22H20FIN2O4/c1-15(27)26(13-16-12-19(28-2)9-10-21(16)29-14-23)20-4-3-11-25-22(20)30-18-7-5-17(24)6-8-18/h3-12H,13-14H2,1-2H3. The zero-order valence-corrected chi connectivity index (χ0v) is 18.6. The van der Waals surface area contributed by atoms with E-state index in [1.165, 1.54) is 18.9 Å². The smallest absolute Gasteiger partial charge is 0.243 e. The highest BCUT2D eigenvalue weighted by Crippen LogP contribution is 2.33. The Kier molecular flexibility index (Phi) is 7.45. The van der Waals surface area contributed by atoms with Crippen LogP contribution < -0.4 is 19.1 Å². The molecule has 0 saturated heterocycles. The molecule has 0 unspecified atom stereocenters. The molecule has 6 nitrogen and oxygen atoms in total. The van der Waals surface area contributed by atoms with Crippen LogP contribution >= 0.6 is 22.6 Å². The summed E-state index contributed by atoms with van der Waals surface area (Å²) in [5.74, 6) is 1.55. The van der Waals surface area contributed by atoms with Gasteiger partial charge in [-0.05, 0) is 77.2 Å². The first-order valence-corrected chi connectivity index (χ1v) is 10.1. The van der Waals surface area contributed by atoms with E-state index in [0.717, 1.165) is 3.57 Å². The predicted octanol–water partition coefficient (Wildman–Crippen LogP) is 5.35. The Morgan fingerprint density at radius 1 is 1.13 bits per heavy atom. The van der Waals surface area contributed by atoms with E-state index in [1.54, 1.807) is 36.5 Å². The van der Waals surface area contributed by atoms with Crippen molar-refractivity contribution in [3.8, 4) is 23.1 Å². The number of ether oxygens (including phenoxy) is 3. The van der Waals surface area contributed by atoms with Crippen LogP contribution in [0.4, 0.5) is 10.1 Å². The first kappa shape index (κ1) is 21.8. The van der Waals surface area contributed by atoms with Crippen LogP contribution in [0.5, 0.6) is 23.1 Å². The van der Waals surface area contributed by atoms with Crippen LogP contribution in [0.3, 0.4) is 0 Å². The number of hydrogen-bond acceptors (Lipinski definition) is 5. The van der Waals surface area contributed by atoms with Gasteiger partial charge in [0.05, 0.1) is 13.7 Å². The van der Waals surface area contributed by atoms with Crippen LogP contribution in [0.2, 0.25) is 0 Å². The van der Waals surface area contributed by atoms with Crippen molar-refractivity contribution in [1.29, 1.82) is 0 Å². The summed E-state index contributed by atoms with van der Waals surface area (Å²) in [5.41, 5.74) is 1.07. The quantitative estimate of drug-likeness (QED) is 0.374. The molecule has 0 fully saturated rings. The lowest BCUT2D eigenvalue weighted by atomic mass is 10.1. The minimum atomic E-state index is -0.979. The zero-order chi connectivity index (χ0) is 21.5. The van der Waals surface area contributed by atoms with Crippen LogP contribution in [0.1, 0.15) is 12.5 Å². The van der Waals surface area contributed by atoms with Gasteiger partial charge in [-0.1, -0.05) is 0 Å². The summed E-state index contributed by atoms with van der Waals surface area (Å²) in [4.78, 5) is 18.3. The molecule has 0 radical (unpaired) electrons. The Bertz CT molecular complexity index is 1010. The molecule has 0 spiro atoms. The molecule has 0 aliphatic rings. The summed E-state index contributed by atoms with van der Waals surface area (Å²) in [7, 11) is 1.53. The number of hydrogen-bond donors (Lipinski definition) is 0. The minimum absolute atomic E-state index is 0.122. The molecule has 156 valence electrons. The second kappa shape index (κ2) is 10.2. The van der Waals surface area contributed by atoms with Crippen LogP contribution in [0.15, 0.2) is 60.8 Å². The summed E-state index contributed by atoms with van der Waals surface area (Å²) < 4.78 is 30.2. The summed E-state index contributed by atoms with van der Waals surface area (Å²) in [6.45, 7) is 0.585. The Labute approximate surface area is 187 Å². The van der Waals surface area contributed by atoms with Crippen molar-refractivity contribution in [1.82, 2.24) is 4.98 Å². The lowest BCUT2D eigenvalue weighted by Crippen LogP contribution is -2.28. The number of benzene rings is 2. The van der Waals surface area contributed by atoms with Crippen LogP contribution in [-0.2, 0) is 11.3 Å². The SMILES string of the molecule is COc1ccc(OCF)c(CN(C(C)=O)c2cccnc2Oc2ccc(I)cc2)c1. The van der Waals surface area contributed by atoms with Crippen molar-refractivity contribution in [2.75, 3.05) is 18.9 Å². The molecule has 0 aliphatic heterocycles. The fourth-order valence-electron chi connectivity index (χ4n) is 2.82. The van der Waals surface area contributed by atoms with Crippen LogP contribution in [0, 0.1) is 3.57 Å². The third kappa shape index (κ3) is 5.38. The summed E-state index contributed by atoms with van der Waals surface area (Å²) in [6, 6.07) is 15.9. The molecule has 3 rings (SSSR count). The Morgan fingerprint density at radius 2 is 1.87 bits per heavy atom. The van der Waals surface area contributed by atoms with Gasteiger partial charge in [0.1, 0.15) is 22.9 Å². The van der Waals surface area contributed by atoms with Crippen molar-refractivity contribution >= 4 is 34.2 Å². The zero-order valence-electron chi connectivity index (χ0n) is 16.5. The molecule has 30 heavy (non-hydrogen) atoms. The second-order valence-electron chi connectivity index (χ2n) is 6.22. The molecule has 0 bridgehead atoms. The highest BCUT2D eigenvalue weighted by Gasteiger charge is 2.20. The number of nitrogens with zero attached hydrogens (tertiary/aromatic N) is 2. The fourth-order valence-corrected chi connectivity index (χ4v) is 3.18. The van der Waals surface area contributed by atoms with Crippen molar-refractivity contribution in [2.24, 2.45) is 0 Å². The maximum absolute atomic E-state index is 12.8. The average Bonchev–Trinajstić information content (AvgIpc) is 2.75. The molecule has 0 saturated carbocycles. The van der Waals surface area contributed by atoms with E-state index < -0.39 is 6.86 Å². The number of carbonyl (C=O) groups excluding carboxylic acids is 1. The second-order valence-corrected chi connectivity index (χ2v) is 7.46. The Balaban J connectivity index is 1.96. The topological polar surface area (TPSA) is 60.9 Å². The Morgan fingerprint density at radius 3 is 2.53 bits per heavy atom. The molecule has 1 heterocycles. The normalized spacial score (nSPS) is 10.4. The first-order chi connectivity index (χ1) is 14.5. The lowest BCUT2D eigenvalue weighted by molar-refractivity contribution is -0.116. The number of alkyl halides is 1. The van der Waals surface area contributed by atoms with E-state index in [1.807, 2.05) is 24.3 Å². The van der Waals surface area contributed by atoms with Gasteiger partial charge in [0.25, 0.3) is 0 Å². The van der Waals surface area contributed by atoms with Crippen molar-refractivity contribution < 1.29 is 23.4 Å². The number of methoxy groups -OCH3 is 1. The molecule has 0 N–H and O–H groups in total. The van der Waals surface area contributed by atoms with E-state index in [0.29, 0.717) is 28.5 Å². The molecular weight excluding hydrogens is 502 g/mol. The fraction of sp³-hybridized carbons (Fsp3) is 0.182.